The second kappa shape index (κ2) is 6.55. The summed E-state index contributed by atoms with van der Waals surface area (Å²) in [6, 6.07) is 9.22. The van der Waals surface area contributed by atoms with E-state index in [4.69, 9.17) is 4.74 Å². The second-order valence-electron chi connectivity index (χ2n) is 8.85. The van der Waals surface area contributed by atoms with Crippen LogP contribution in [0.4, 0.5) is 11.4 Å². The second-order valence-corrected chi connectivity index (χ2v) is 8.85. The van der Waals surface area contributed by atoms with Crippen LogP contribution < -0.4 is 10.2 Å². The van der Waals surface area contributed by atoms with E-state index in [1.165, 1.54) is 12.1 Å². The predicted molar refractivity (Wildman–Crippen MR) is 113 cm³/mol. The minimum atomic E-state index is -1.48. The summed E-state index contributed by atoms with van der Waals surface area (Å²) in [4.78, 5) is 39.8. The number of imide groups is 1. The third-order valence-electron chi connectivity index (χ3n) is 7.56. The summed E-state index contributed by atoms with van der Waals surface area (Å²) in [7, 11) is 1.56. The largest absolute Gasteiger partial charge is 0.396 e. The van der Waals surface area contributed by atoms with Crippen molar-refractivity contribution < 1.29 is 29.5 Å². The minimum Gasteiger partial charge on any atom is -0.396 e. The van der Waals surface area contributed by atoms with E-state index in [1.807, 2.05) is 0 Å². The maximum atomic E-state index is 14.0. The summed E-state index contributed by atoms with van der Waals surface area (Å²) in [5.74, 6) is -2.14. The molecule has 168 valence electrons. The van der Waals surface area contributed by atoms with E-state index in [2.05, 4.69) is 5.32 Å². The molecule has 0 aromatic heterocycles. The molecule has 0 aliphatic carbocycles. The molecular formula is C22H23N3O7. The van der Waals surface area contributed by atoms with Crippen molar-refractivity contribution in [2.75, 3.05) is 18.6 Å². The number of aliphatic hydroxyl groups excluding tert-OH is 2. The van der Waals surface area contributed by atoms with Crippen molar-refractivity contribution in [1.29, 1.82) is 0 Å². The highest BCUT2D eigenvalue weighted by Crippen LogP contribution is 2.64. The first kappa shape index (κ1) is 21.0. The molecule has 3 heterocycles. The van der Waals surface area contributed by atoms with Crippen LogP contribution in [0.2, 0.25) is 0 Å². The number of hydrogen-bond acceptors (Lipinski definition) is 8. The molecule has 10 nitrogen and oxygen atoms in total. The Morgan fingerprint density at radius 3 is 2.56 bits per heavy atom. The number of amides is 2. The number of ether oxygens (including phenoxy) is 1. The Morgan fingerprint density at radius 2 is 1.94 bits per heavy atom. The van der Waals surface area contributed by atoms with Gasteiger partial charge in [-0.15, -0.1) is 0 Å². The van der Waals surface area contributed by atoms with Crippen LogP contribution in [0.25, 0.3) is 10.8 Å². The number of nitro groups is 1. The van der Waals surface area contributed by atoms with Gasteiger partial charge in [0, 0.05) is 30.9 Å². The summed E-state index contributed by atoms with van der Waals surface area (Å²) in [6.07, 6.45) is -0.842. The van der Waals surface area contributed by atoms with Crippen molar-refractivity contribution in [3.8, 4) is 0 Å². The monoisotopic (exact) mass is 441 g/mol. The van der Waals surface area contributed by atoms with Gasteiger partial charge in [-0.25, -0.2) is 4.90 Å². The molecule has 3 aliphatic heterocycles. The van der Waals surface area contributed by atoms with Gasteiger partial charge in [0.2, 0.25) is 5.91 Å². The van der Waals surface area contributed by atoms with Gasteiger partial charge in [-0.3, -0.25) is 19.7 Å². The van der Waals surface area contributed by atoms with Gasteiger partial charge >= 0.3 is 0 Å². The van der Waals surface area contributed by atoms with Crippen LogP contribution in [0.5, 0.6) is 0 Å². The SMILES string of the molecule is CN[C@@]12C(=O)N(c3ccc([N+](=O)[O-])c4ccccc34)C(=O)C1C1(C)OC2(CCO)C[C@H]1O. The van der Waals surface area contributed by atoms with Gasteiger partial charge in [0.05, 0.1) is 22.1 Å². The molecule has 3 unspecified atom stereocenters. The molecule has 2 amide bonds. The lowest BCUT2D eigenvalue weighted by Crippen LogP contribution is -2.69. The third kappa shape index (κ3) is 2.17. The smallest absolute Gasteiger partial charge is 0.277 e. The van der Waals surface area contributed by atoms with Crippen molar-refractivity contribution in [1.82, 2.24) is 5.32 Å². The molecule has 3 saturated heterocycles. The molecule has 0 spiro atoms. The van der Waals surface area contributed by atoms with E-state index in [1.54, 1.807) is 38.2 Å². The van der Waals surface area contributed by atoms with E-state index >= 15 is 0 Å². The Hall–Kier alpha value is -2.92. The quantitative estimate of drug-likeness (QED) is 0.352. The fourth-order valence-corrected chi connectivity index (χ4v) is 6.25. The standard InChI is InChI=1S/C22H23N3O7/c1-20-16(27)11-21(32-20,9-10-26)22(23-2)17(20)18(28)24(19(22)29)14-7-8-15(25(30)31)13-6-4-3-5-12(13)14/h3-8,16-17,23,26-27H,9-11H2,1-2H3/t16-,17?,20?,21?,22-/m1/s1. The number of hydrogen-bond donors (Lipinski definition) is 3. The maximum absolute atomic E-state index is 14.0. The Labute approximate surface area is 182 Å². The summed E-state index contributed by atoms with van der Waals surface area (Å²) in [6.45, 7) is 1.32. The van der Waals surface area contributed by atoms with Gasteiger partial charge in [-0.2, -0.15) is 0 Å². The first-order valence-electron chi connectivity index (χ1n) is 10.4. The highest BCUT2D eigenvalue weighted by molar-refractivity contribution is 6.29. The number of fused-ring (bicyclic) bond motifs is 6. The van der Waals surface area contributed by atoms with Gasteiger partial charge in [-0.05, 0) is 26.1 Å². The summed E-state index contributed by atoms with van der Waals surface area (Å²) in [5, 5.41) is 35.7. The molecule has 2 aromatic carbocycles. The molecule has 0 radical (unpaired) electrons. The number of nitro benzene ring substituents is 1. The Morgan fingerprint density at radius 1 is 1.25 bits per heavy atom. The van der Waals surface area contributed by atoms with E-state index in [0.29, 0.717) is 10.8 Å². The van der Waals surface area contributed by atoms with Crippen molar-refractivity contribution in [2.45, 2.75) is 42.6 Å². The molecule has 3 aliphatic rings. The number of anilines is 1. The summed E-state index contributed by atoms with van der Waals surface area (Å²) >= 11 is 0. The average Bonchev–Trinajstić information content (AvgIpc) is 3.25. The number of rotatable bonds is 5. The fourth-order valence-electron chi connectivity index (χ4n) is 6.25. The first-order valence-corrected chi connectivity index (χ1v) is 10.4. The fraction of sp³-hybridized carbons (Fsp3) is 0.455. The molecule has 3 fully saturated rings. The highest BCUT2D eigenvalue weighted by atomic mass is 16.6. The summed E-state index contributed by atoms with van der Waals surface area (Å²) in [5.41, 5.74) is -3.97. The number of nitrogens with one attached hydrogen (secondary N) is 1. The van der Waals surface area contributed by atoms with E-state index < -0.39 is 45.5 Å². The van der Waals surface area contributed by atoms with Crippen LogP contribution in [-0.2, 0) is 14.3 Å². The van der Waals surface area contributed by atoms with Crippen molar-refractivity contribution in [2.24, 2.45) is 5.92 Å². The normalized spacial score (nSPS) is 35.7. The predicted octanol–water partition coefficient (Wildman–Crippen LogP) is 0.870. The van der Waals surface area contributed by atoms with Crippen LogP contribution in [0.15, 0.2) is 36.4 Å². The Kier molecular flexibility index (Phi) is 4.29. The van der Waals surface area contributed by atoms with Crippen molar-refractivity contribution in [3.63, 3.8) is 0 Å². The summed E-state index contributed by atoms with van der Waals surface area (Å²) < 4.78 is 6.19. The molecule has 32 heavy (non-hydrogen) atoms. The number of benzene rings is 2. The molecule has 0 saturated carbocycles. The molecule has 3 N–H and O–H groups in total. The first-order chi connectivity index (χ1) is 15.2. The van der Waals surface area contributed by atoms with E-state index in [9.17, 15) is 29.9 Å². The number of nitrogens with zero attached hydrogens (tertiary/aromatic N) is 2. The van der Waals surface area contributed by atoms with E-state index in [0.717, 1.165) is 4.90 Å². The molecule has 5 rings (SSSR count). The number of non-ortho nitro benzene ring substituents is 1. The topological polar surface area (TPSA) is 142 Å². The number of carbonyl (C=O) groups excluding carboxylic acids is 2. The third-order valence-corrected chi connectivity index (χ3v) is 7.56. The Bertz CT molecular complexity index is 1190. The van der Waals surface area contributed by atoms with Gasteiger partial charge in [0.25, 0.3) is 11.6 Å². The molecule has 5 atom stereocenters. The van der Waals surface area contributed by atoms with Crippen LogP contribution in [0, 0.1) is 16.0 Å². The number of aliphatic hydroxyl groups is 2. The zero-order valence-electron chi connectivity index (χ0n) is 17.6. The van der Waals surface area contributed by atoms with Gasteiger partial charge in [-0.1, -0.05) is 18.2 Å². The van der Waals surface area contributed by atoms with Crippen LogP contribution in [0.1, 0.15) is 19.8 Å². The molecule has 10 heteroatoms. The van der Waals surface area contributed by atoms with Gasteiger partial charge in [0.15, 0.2) is 0 Å². The average molecular weight is 441 g/mol. The molecule has 2 aromatic rings. The highest BCUT2D eigenvalue weighted by Gasteiger charge is 2.84. The number of carbonyl (C=O) groups is 2. The number of likely N-dealkylation sites (N-methyl/N-ethyl adjacent to an activating group) is 1. The van der Waals surface area contributed by atoms with Crippen molar-refractivity contribution in [3.05, 3.63) is 46.5 Å². The van der Waals surface area contributed by atoms with Gasteiger partial charge < -0.3 is 20.3 Å². The molecule has 2 bridgehead atoms. The maximum Gasteiger partial charge on any atom is 0.277 e. The van der Waals surface area contributed by atoms with Gasteiger partial charge in [0.1, 0.15) is 22.7 Å². The minimum absolute atomic E-state index is 0.0604. The zero-order valence-corrected chi connectivity index (χ0v) is 17.6. The van der Waals surface area contributed by atoms with Crippen molar-refractivity contribution >= 4 is 34.0 Å². The molecular weight excluding hydrogens is 418 g/mol. The van der Waals surface area contributed by atoms with Crippen LogP contribution in [-0.4, -0.2) is 63.5 Å². The zero-order chi connectivity index (χ0) is 23.1. The lowest BCUT2D eigenvalue weighted by atomic mass is 9.61. The Balaban J connectivity index is 1.74. The van der Waals surface area contributed by atoms with E-state index in [-0.39, 0.29) is 30.8 Å². The lowest BCUT2D eigenvalue weighted by molar-refractivity contribution is -0.383. The lowest BCUT2D eigenvalue weighted by Gasteiger charge is -2.43. The van der Waals surface area contributed by atoms with Crippen LogP contribution >= 0.6 is 0 Å². The van der Waals surface area contributed by atoms with Crippen LogP contribution in [0.3, 0.4) is 0 Å².